The van der Waals surface area contributed by atoms with E-state index >= 15 is 0 Å². The Morgan fingerprint density at radius 3 is 1.48 bits per heavy atom. The minimum absolute atomic E-state index is 0.0945. The molecule has 1 heterocycles. The van der Waals surface area contributed by atoms with Gasteiger partial charge in [0.2, 0.25) is 0 Å². The van der Waals surface area contributed by atoms with Crippen LogP contribution >= 0.6 is 7.14 Å². The summed E-state index contributed by atoms with van der Waals surface area (Å²) in [6.07, 6.45) is 5.84. The van der Waals surface area contributed by atoms with Gasteiger partial charge in [-0.1, -0.05) is 189 Å². The second-order valence-electron chi connectivity index (χ2n) is 16.2. The number of fused-ring (bicyclic) bond motifs is 3. The Morgan fingerprint density at radius 1 is 0.431 bits per heavy atom. The molecule has 1 aromatic heterocycles. The highest BCUT2D eigenvalue weighted by Crippen LogP contribution is 2.48. The monoisotopic (exact) mass is 769 g/mol. The lowest BCUT2D eigenvalue weighted by Crippen LogP contribution is -2.30. The minimum atomic E-state index is -2.57. The van der Waals surface area contributed by atoms with Crippen LogP contribution in [-0.2, 0) is 9.98 Å². The van der Waals surface area contributed by atoms with Crippen molar-refractivity contribution in [2.45, 2.75) is 37.5 Å². The summed E-state index contributed by atoms with van der Waals surface area (Å²) in [6, 6.07) is 60.3. The molecular weight excluding hydrogens is 726 g/mol. The highest BCUT2D eigenvalue weighted by molar-refractivity contribution is 7.71. The maximum Gasteiger partial charge on any atom is 0.164 e. The average Bonchev–Trinajstić information content (AvgIpc) is 3.28. The van der Waals surface area contributed by atoms with E-state index < -0.39 is 7.14 Å². The molecule has 0 radical (unpaired) electrons. The Bertz CT molecular complexity index is 2960. The smallest absolute Gasteiger partial charge is 0.164 e. The van der Waals surface area contributed by atoms with Crippen molar-refractivity contribution in [2.75, 3.05) is 13.3 Å². The molecule has 0 N–H and O–H groups in total. The Morgan fingerprint density at radius 2 is 0.897 bits per heavy atom. The van der Waals surface area contributed by atoms with Crippen molar-refractivity contribution >= 4 is 44.8 Å². The normalized spacial score (nSPS) is 14.2. The fourth-order valence-electron chi connectivity index (χ4n) is 9.55. The van der Waals surface area contributed by atoms with Crippen molar-refractivity contribution in [2.24, 2.45) is 0 Å². The second-order valence-corrected chi connectivity index (χ2v) is 19.3. The summed E-state index contributed by atoms with van der Waals surface area (Å²) >= 11 is 0. The quantitative estimate of drug-likeness (QED) is 0.120. The third kappa shape index (κ3) is 6.33. The summed E-state index contributed by atoms with van der Waals surface area (Å²) in [5, 5.41) is 7.70. The first-order valence-corrected chi connectivity index (χ1v) is 23.0. The van der Waals surface area contributed by atoms with Crippen LogP contribution in [0.5, 0.6) is 0 Å². The van der Waals surface area contributed by atoms with Crippen LogP contribution in [0, 0.1) is 0 Å². The van der Waals surface area contributed by atoms with Crippen LogP contribution in [-0.4, -0.2) is 28.3 Å². The first-order chi connectivity index (χ1) is 28.4. The number of hydrogen-bond donors (Lipinski definition) is 0. The molecular formula is C53H44N3OP. The van der Waals surface area contributed by atoms with Gasteiger partial charge < -0.3 is 4.57 Å². The molecule has 282 valence electrons. The first-order valence-electron chi connectivity index (χ1n) is 20.4. The molecule has 5 heteroatoms. The van der Waals surface area contributed by atoms with Crippen molar-refractivity contribution in [3.8, 4) is 45.3 Å². The standard InChI is InChI=1S/C53H44N3OP/c1-58(2,57)49-45-23-11-9-21-43(45)48(44-22-10-12-24-46(44)49)37-26-30-40(31-27-37)53(34-13-4-14-35-53)41-32-28-39(29-33-41)51-54-50(38-17-5-3-6-18-38)55-52(56-51)47-25-15-19-36-16-7-8-20-42(36)47/h3,5-12,15-33H,4,13-14,34-35H2,1-2H3. The van der Waals surface area contributed by atoms with Gasteiger partial charge in [-0.15, -0.1) is 0 Å². The second kappa shape index (κ2) is 14.6. The Balaban J connectivity index is 1.06. The van der Waals surface area contributed by atoms with Crippen LogP contribution in [0.2, 0.25) is 0 Å². The van der Waals surface area contributed by atoms with E-state index in [1.54, 1.807) is 0 Å². The predicted octanol–water partition coefficient (Wildman–Crippen LogP) is 13.5. The zero-order chi connectivity index (χ0) is 39.3. The number of benzene rings is 8. The van der Waals surface area contributed by atoms with Crippen molar-refractivity contribution in [3.05, 3.63) is 181 Å². The predicted molar refractivity (Wildman–Crippen MR) is 243 cm³/mol. The molecule has 4 nitrogen and oxygen atoms in total. The zero-order valence-electron chi connectivity index (χ0n) is 32.9. The molecule has 10 rings (SSSR count). The fourth-order valence-corrected chi connectivity index (χ4v) is 11.1. The van der Waals surface area contributed by atoms with E-state index in [9.17, 15) is 4.57 Å². The zero-order valence-corrected chi connectivity index (χ0v) is 33.8. The minimum Gasteiger partial charge on any atom is -0.319 e. The van der Waals surface area contributed by atoms with Gasteiger partial charge in [0.05, 0.1) is 0 Å². The Hall–Kier alpha value is -6.22. The van der Waals surface area contributed by atoms with Gasteiger partial charge in [-0.2, -0.15) is 0 Å². The molecule has 1 fully saturated rings. The number of nitrogens with zero attached hydrogens (tertiary/aromatic N) is 3. The van der Waals surface area contributed by atoms with Gasteiger partial charge in [-0.25, -0.2) is 15.0 Å². The van der Waals surface area contributed by atoms with Gasteiger partial charge in [0, 0.05) is 27.4 Å². The van der Waals surface area contributed by atoms with Gasteiger partial charge in [0.25, 0.3) is 0 Å². The molecule has 0 saturated heterocycles. The molecule has 1 aliphatic rings. The molecule has 0 aliphatic heterocycles. The fraction of sp³-hybridized carbons (Fsp3) is 0.151. The van der Waals surface area contributed by atoms with Crippen LogP contribution in [0.15, 0.2) is 170 Å². The van der Waals surface area contributed by atoms with Crippen molar-refractivity contribution in [3.63, 3.8) is 0 Å². The number of aromatic nitrogens is 3. The average molecular weight is 770 g/mol. The van der Waals surface area contributed by atoms with Crippen LogP contribution in [0.25, 0.3) is 77.6 Å². The highest BCUT2D eigenvalue weighted by atomic mass is 31.2. The topological polar surface area (TPSA) is 55.7 Å². The Labute approximate surface area is 340 Å². The van der Waals surface area contributed by atoms with Gasteiger partial charge in [0.15, 0.2) is 17.5 Å². The van der Waals surface area contributed by atoms with Crippen LogP contribution in [0.3, 0.4) is 0 Å². The molecule has 8 aromatic carbocycles. The van der Waals surface area contributed by atoms with Crippen molar-refractivity contribution in [1.82, 2.24) is 15.0 Å². The molecule has 1 saturated carbocycles. The van der Waals surface area contributed by atoms with Gasteiger partial charge >= 0.3 is 0 Å². The van der Waals surface area contributed by atoms with Crippen LogP contribution in [0.1, 0.15) is 43.2 Å². The van der Waals surface area contributed by atoms with E-state index in [1.807, 2.05) is 31.5 Å². The van der Waals surface area contributed by atoms with Gasteiger partial charge in [-0.3, -0.25) is 0 Å². The van der Waals surface area contributed by atoms with Crippen molar-refractivity contribution in [1.29, 1.82) is 0 Å². The van der Waals surface area contributed by atoms with E-state index in [2.05, 4.69) is 152 Å². The summed E-state index contributed by atoms with van der Waals surface area (Å²) in [7, 11) is -2.57. The van der Waals surface area contributed by atoms with Crippen LogP contribution < -0.4 is 5.30 Å². The summed E-state index contributed by atoms with van der Waals surface area (Å²) in [4.78, 5) is 15.2. The van der Waals surface area contributed by atoms with E-state index in [4.69, 9.17) is 15.0 Å². The van der Waals surface area contributed by atoms with E-state index in [0.29, 0.717) is 17.5 Å². The largest absolute Gasteiger partial charge is 0.319 e. The molecule has 1 aliphatic carbocycles. The summed E-state index contributed by atoms with van der Waals surface area (Å²) in [6.45, 7) is 3.78. The van der Waals surface area contributed by atoms with E-state index in [1.165, 1.54) is 41.5 Å². The lowest BCUT2D eigenvalue weighted by Gasteiger charge is -2.39. The lowest BCUT2D eigenvalue weighted by molar-refractivity contribution is 0.346. The number of rotatable bonds is 7. The lowest BCUT2D eigenvalue weighted by atomic mass is 9.65. The molecule has 0 atom stereocenters. The van der Waals surface area contributed by atoms with Crippen LogP contribution in [0.4, 0.5) is 0 Å². The first kappa shape index (κ1) is 36.1. The maximum atomic E-state index is 13.8. The van der Waals surface area contributed by atoms with Gasteiger partial charge in [-0.05, 0) is 80.7 Å². The maximum absolute atomic E-state index is 13.8. The molecule has 0 amide bonds. The summed E-state index contributed by atoms with van der Waals surface area (Å²) in [5.74, 6) is 2.00. The van der Waals surface area contributed by atoms with E-state index in [0.717, 1.165) is 67.2 Å². The SMILES string of the molecule is CP(C)(=O)c1c2ccccc2c(-c2ccc(C3(c4ccc(-c5nc(-c6ccccc6)nc(-c6cccc7ccccc67)n5)cc4)CCCCC3)cc2)c2ccccc12. The molecule has 9 aromatic rings. The van der Waals surface area contributed by atoms with E-state index in [-0.39, 0.29) is 5.41 Å². The van der Waals surface area contributed by atoms with Crippen molar-refractivity contribution < 1.29 is 4.57 Å². The third-order valence-electron chi connectivity index (χ3n) is 12.3. The third-order valence-corrected chi connectivity index (χ3v) is 13.8. The van der Waals surface area contributed by atoms with Gasteiger partial charge in [0.1, 0.15) is 7.14 Å². The summed E-state index contributed by atoms with van der Waals surface area (Å²) in [5.41, 5.74) is 7.89. The molecule has 58 heavy (non-hydrogen) atoms. The molecule has 0 unspecified atom stereocenters. The highest BCUT2D eigenvalue weighted by Gasteiger charge is 2.36. The summed E-state index contributed by atoms with van der Waals surface area (Å²) < 4.78 is 13.8. The Kier molecular flexibility index (Phi) is 9.11. The molecule has 0 bridgehead atoms. The number of hydrogen-bond acceptors (Lipinski definition) is 4. The molecule has 0 spiro atoms.